The molecule has 0 aromatic heterocycles. The molecule has 0 amide bonds. The standard InChI is InChI=1S/C18H13NO2/c20-17-11-16(13-6-2-3-7-14(13)18(17)21)19-10-9-12-5-1-4-8-15(12)19/h1-8,11H,9-10H2. The van der Waals surface area contributed by atoms with Crippen molar-refractivity contribution in [1.29, 1.82) is 0 Å². The SMILES string of the molecule is O=C1C=C(N2CCc3ccccc32)c2ccccc2C1=O. The van der Waals surface area contributed by atoms with E-state index in [-0.39, 0.29) is 0 Å². The predicted molar refractivity (Wildman–Crippen MR) is 81.2 cm³/mol. The Morgan fingerprint density at radius 1 is 0.857 bits per heavy atom. The van der Waals surface area contributed by atoms with Crippen LogP contribution < -0.4 is 4.90 Å². The van der Waals surface area contributed by atoms with Crippen molar-refractivity contribution in [2.75, 3.05) is 11.4 Å². The first-order valence-electron chi connectivity index (χ1n) is 7.01. The molecular formula is C18H13NO2. The molecule has 3 nitrogen and oxygen atoms in total. The summed E-state index contributed by atoms with van der Waals surface area (Å²) in [5.41, 5.74) is 4.59. The molecule has 2 aromatic rings. The van der Waals surface area contributed by atoms with Gasteiger partial charge in [-0.2, -0.15) is 0 Å². The maximum Gasteiger partial charge on any atom is 0.233 e. The number of benzene rings is 2. The van der Waals surface area contributed by atoms with E-state index < -0.39 is 11.6 Å². The minimum atomic E-state index is -0.437. The molecule has 4 rings (SSSR count). The average Bonchev–Trinajstić information content (AvgIpc) is 2.95. The zero-order valence-electron chi connectivity index (χ0n) is 11.4. The van der Waals surface area contributed by atoms with Crippen molar-refractivity contribution in [3.8, 4) is 0 Å². The van der Waals surface area contributed by atoms with E-state index >= 15 is 0 Å². The zero-order chi connectivity index (χ0) is 14.4. The highest BCUT2D eigenvalue weighted by Gasteiger charge is 2.31. The largest absolute Gasteiger partial charge is 0.340 e. The summed E-state index contributed by atoms with van der Waals surface area (Å²) >= 11 is 0. The first kappa shape index (κ1) is 12.1. The third-order valence-corrected chi connectivity index (χ3v) is 4.12. The number of hydrogen-bond acceptors (Lipinski definition) is 3. The van der Waals surface area contributed by atoms with Gasteiger partial charge in [0.15, 0.2) is 0 Å². The third kappa shape index (κ3) is 1.74. The van der Waals surface area contributed by atoms with Crippen LogP contribution >= 0.6 is 0 Å². The number of rotatable bonds is 1. The van der Waals surface area contributed by atoms with Crippen LogP contribution in [-0.2, 0) is 11.2 Å². The lowest BCUT2D eigenvalue weighted by Gasteiger charge is -2.26. The first-order chi connectivity index (χ1) is 10.3. The number of hydrogen-bond donors (Lipinski definition) is 0. The van der Waals surface area contributed by atoms with Gasteiger partial charge in [0, 0.05) is 29.4 Å². The van der Waals surface area contributed by atoms with E-state index in [0.29, 0.717) is 5.56 Å². The van der Waals surface area contributed by atoms with Gasteiger partial charge >= 0.3 is 0 Å². The maximum absolute atomic E-state index is 12.0. The number of carbonyl (C=O) groups is 2. The Labute approximate surface area is 122 Å². The summed E-state index contributed by atoms with van der Waals surface area (Å²) in [6.07, 6.45) is 2.44. The molecule has 21 heavy (non-hydrogen) atoms. The monoisotopic (exact) mass is 275 g/mol. The summed E-state index contributed by atoms with van der Waals surface area (Å²) in [6, 6.07) is 15.5. The Hall–Kier alpha value is -2.68. The highest BCUT2D eigenvalue weighted by Crippen LogP contribution is 2.37. The quantitative estimate of drug-likeness (QED) is 0.751. The highest BCUT2D eigenvalue weighted by atomic mass is 16.2. The molecule has 1 heterocycles. The van der Waals surface area contributed by atoms with E-state index in [1.165, 1.54) is 11.6 Å². The second-order valence-electron chi connectivity index (χ2n) is 5.30. The molecule has 1 aliphatic carbocycles. The number of ketones is 2. The van der Waals surface area contributed by atoms with Gasteiger partial charge in [0.1, 0.15) is 0 Å². The van der Waals surface area contributed by atoms with Gasteiger partial charge in [-0.05, 0) is 18.1 Å². The molecule has 0 bridgehead atoms. The van der Waals surface area contributed by atoms with Crippen molar-refractivity contribution < 1.29 is 9.59 Å². The van der Waals surface area contributed by atoms with Crippen LogP contribution in [0.15, 0.2) is 54.6 Å². The molecule has 0 unspecified atom stereocenters. The van der Waals surface area contributed by atoms with Gasteiger partial charge in [-0.15, -0.1) is 0 Å². The smallest absolute Gasteiger partial charge is 0.233 e. The number of allylic oxidation sites excluding steroid dienone is 1. The van der Waals surface area contributed by atoms with Gasteiger partial charge in [-0.1, -0.05) is 42.5 Å². The Balaban J connectivity index is 1.88. The number of para-hydroxylation sites is 1. The summed E-state index contributed by atoms with van der Waals surface area (Å²) in [4.78, 5) is 26.1. The fraction of sp³-hybridized carbons (Fsp3) is 0.111. The molecular weight excluding hydrogens is 262 g/mol. The number of nitrogens with zero attached hydrogens (tertiary/aromatic N) is 1. The molecule has 0 saturated heterocycles. The molecule has 0 fully saturated rings. The fourth-order valence-corrected chi connectivity index (χ4v) is 3.12. The molecule has 0 atom stereocenters. The average molecular weight is 275 g/mol. The van der Waals surface area contributed by atoms with Crippen LogP contribution in [0.3, 0.4) is 0 Å². The molecule has 0 N–H and O–H groups in total. The number of anilines is 1. The number of fused-ring (bicyclic) bond motifs is 2. The minimum Gasteiger partial charge on any atom is -0.340 e. The van der Waals surface area contributed by atoms with Gasteiger partial charge in [-0.3, -0.25) is 9.59 Å². The van der Waals surface area contributed by atoms with Gasteiger partial charge < -0.3 is 4.90 Å². The van der Waals surface area contributed by atoms with Crippen LogP contribution in [0.1, 0.15) is 21.5 Å². The van der Waals surface area contributed by atoms with Gasteiger partial charge in [0.05, 0.1) is 5.70 Å². The lowest BCUT2D eigenvalue weighted by molar-refractivity contribution is -0.111. The van der Waals surface area contributed by atoms with Crippen molar-refractivity contribution in [1.82, 2.24) is 0 Å². The molecule has 102 valence electrons. The van der Waals surface area contributed by atoms with Crippen molar-refractivity contribution in [2.24, 2.45) is 0 Å². The van der Waals surface area contributed by atoms with Crippen LogP contribution in [0.2, 0.25) is 0 Å². The molecule has 3 heteroatoms. The van der Waals surface area contributed by atoms with E-state index in [4.69, 9.17) is 0 Å². The van der Waals surface area contributed by atoms with E-state index in [2.05, 4.69) is 17.0 Å². The summed E-state index contributed by atoms with van der Waals surface area (Å²) in [7, 11) is 0. The van der Waals surface area contributed by atoms with Crippen molar-refractivity contribution in [2.45, 2.75) is 6.42 Å². The predicted octanol–water partition coefficient (Wildman–Crippen LogP) is 2.86. The topological polar surface area (TPSA) is 37.4 Å². The van der Waals surface area contributed by atoms with Gasteiger partial charge in [0.2, 0.25) is 11.6 Å². The third-order valence-electron chi connectivity index (χ3n) is 4.12. The van der Waals surface area contributed by atoms with E-state index in [9.17, 15) is 9.59 Å². The van der Waals surface area contributed by atoms with Crippen LogP contribution in [0.25, 0.3) is 5.70 Å². The van der Waals surface area contributed by atoms with Crippen molar-refractivity contribution >= 4 is 23.0 Å². The van der Waals surface area contributed by atoms with E-state index in [1.54, 1.807) is 12.1 Å². The Morgan fingerprint density at radius 2 is 1.57 bits per heavy atom. The van der Waals surface area contributed by atoms with Crippen molar-refractivity contribution in [3.63, 3.8) is 0 Å². The normalized spacial score (nSPS) is 16.6. The van der Waals surface area contributed by atoms with E-state index in [0.717, 1.165) is 29.9 Å². The first-order valence-corrected chi connectivity index (χ1v) is 7.01. The lowest BCUT2D eigenvalue weighted by Crippen LogP contribution is -2.27. The summed E-state index contributed by atoms with van der Waals surface area (Å²) in [5, 5.41) is 0. The Bertz CT molecular complexity index is 804. The molecule has 2 aliphatic rings. The van der Waals surface area contributed by atoms with Crippen LogP contribution in [0.5, 0.6) is 0 Å². The molecule has 0 spiro atoms. The Kier molecular flexibility index (Phi) is 2.54. The van der Waals surface area contributed by atoms with Gasteiger partial charge in [-0.25, -0.2) is 0 Å². The van der Waals surface area contributed by atoms with Crippen LogP contribution in [0.4, 0.5) is 5.69 Å². The van der Waals surface area contributed by atoms with E-state index in [1.807, 2.05) is 24.3 Å². The molecule has 0 saturated carbocycles. The molecule has 2 aromatic carbocycles. The lowest BCUT2D eigenvalue weighted by atomic mass is 9.92. The fourth-order valence-electron chi connectivity index (χ4n) is 3.12. The number of Topliss-reactive ketones (excluding diaryl/α,β-unsaturated/α-hetero) is 1. The van der Waals surface area contributed by atoms with Crippen molar-refractivity contribution in [3.05, 3.63) is 71.3 Å². The number of carbonyl (C=O) groups excluding carboxylic acids is 2. The minimum absolute atomic E-state index is 0.415. The summed E-state index contributed by atoms with van der Waals surface area (Å²) < 4.78 is 0. The van der Waals surface area contributed by atoms with Crippen LogP contribution in [-0.4, -0.2) is 18.1 Å². The maximum atomic E-state index is 12.0. The summed E-state index contributed by atoms with van der Waals surface area (Å²) in [6.45, 7) is 0.834. The zero-order valence-corrected chi connectivity index (χ0v) is 11.4. The summed E-state index contributed by atoms with van der Waals surface area (Å²) in [5.74, 6) is -0.852. The molecule has 1 aliphatic heterocycles. The van der Waals surface area contributed by atoms with Crippen LogP contribution in [0, 0.1) is 0 Å². The Morgan fingerprint density at radius 3 is 2.43 bits per heavy atom. The second kappa shape index (κ2) is 4.42. The van der Waals surface area contributed by atoms with Gasteiger partial charge in [0.25, 0.3) is 0 Å². The second-order valence-corrected chi connectivity index (χ2v) is 5.30. The molecule has 0 radical (unpaired) electrons. The highest BCUT2D eigenvalue weighted by molar-refractivity contribution is 6.50.